The van der Waals surface area contributed by atoms with E-state index in [2.05, 4.69) is 9.97 Å². The van der Waals surface area contributed by atoms with Gasteiger partial charge in [-0.2, -0.15) is 0 Å². The predicted molar refractivity (Wildman–Crippen MR) is 70.6 cm³/mol. The molecule has 0 fully saturated rings. The summed E-state index contributed by atoms with van der Waals surface area (Å²) in [6, 6.07) is 0. The zero-order chi connectivity index (χ0) is 11.8. The third kappa shape index (κ3) is 2.69. The van der Waals surface area contributed by atoms with Crippen LogP contribution in [0.25, 0.3) is 0 Å². The zero-order valence-corrected chi connectivity index (χ0v) is 11.2. The first-order valence-corrected chi connectivity index (χ1v) is 5.96. The van der Waals surface area contributed by atoms with Crippen molar-refractivity contribution in [2.75, 3.05) is 0 Å². The van der Waals surface area contributed by atoms with Gasteiger partial charge in [0.1, 0.15) is 5.82 Å². The first-order valence-electron chi connectivity index (χ1n) is 5.96. The number of rotatable bonds is 2. The average Bonchev–Trinajstić information content (AvgIpc) is 2.29. The van der Waals surface area contributed by atoms with Crippen LogP contribution in [0.15, 0.2) is 4.79 Å². The van der Waals surface area contributed by atoms with Crippen LogP contribution in [0.2, 0.25) is 0 Å². The highest BCUT2D eigenvalue weighted by atomic mass is 35.5. The molecule has 1 aromatic heterocycles. The molecule has 96 valence electrons. The van der Waals surface area contributed by atoms with Crippen molar-refractivity contribution in [1.29, 1.82) is 0 Å². The van der Waals surface area contributed by atoms with Gasteiger partial charge in [0.05, 0.1) is 11.2 Å². The fourth-order valence-electron chi connectivity index (χ4n) is 2.04. The van der Waals surface area contributed by atoms with Gasteiger partial charge in [-0.05, 0) is 39.0 Å². The van der Waals surface area contributed by atoms with Crippen LogP contribution in [0, 0.1) is 0 Å². The van der Waals surface area contributed by atoms with Gasteiger partial charge >= 0.3 is 0 Å². The van der Waals surface area contributed by atoms with Crippen molar-refractivity contribution >= 4 is 12.4 Å². The number of nitrogens with zero attached hydrogens (tertiary/aromatic N) is 1. The molecule has 0 saturated carbocycles. The standard InChI is InChI=1S/C12H19N3O.ClH/c1-3-12(2,13)11-14-9-7-5-4-6-8(9)10(16)15-11;/h3-7,13H2,1-2H3,(H,14,15,16);1H. The highest BCUT2D eigenvalue weighted by Crippen LogP contribution is 2.20. The smallest absolute Gasteiger partial charge is 0.254 e. The molecule has 0 spiro atoms. The SMILES string of the molecule is CCC(C)(N)c1nc2c(c(=O)[nH]1)CCCC2.Cl. The van der Waals surface area contributed by atoms with Crippen molar-refractivity contribution in [2.24, 2.45) is 5.73 Å². The molecule has 3 N–H and O–H groups in total. The van der Waals surface area contributed by atoms with Crippen LogP contribution in [0.3, 0.4) is 0 Å². The summed E-state index contributed by atoms with van der Waals surface area (Å²) >= 11 is 0. The fourth-order valence-corrected chi connectivity index (χ4v) is 2.04. The third-order valence-corrected chi connectivity index (χ3v) is 3.47. The molecule has 1 unspecified atom stereocenters. The topological polar surface area (TPSA) is 71.8 Å². The summed E-state index contributed by atoms with van der Waals surface area (Å²) in [5.74, 6) is 0.626. The average molecular weight is 258 g/mol. The Labute approximate surface area is 107 Å². The van der Waals surface area contributed by atoms with Gasteiger partial charge in [-0.3, -0.25) is 4.79 Å². The van der Waals surface area contributed by atoms with E-state index in [9.17, 15) is 4.79 Å². The van der Waals surface area contributed by atoms with Gasteiger partial charge < -0.3 is 10.7 Å². The van der Waals surface area contributed by atoms with E-state index in [1.807, 2.05) is 13.8 Å². The van der Waals surface area contributed by atoms with Gasteiger partial charge in [0, 0.05) is 5.56 Å². The normalized spacial score (nSPS) is 17.8. The van der Waals surface area contributed by atoms with E-state index in [1.165, 1.54) is 0 Å². The van der Waals surface area contributed by atoms with Crippen LogP contribution >= 0.6 is 12.4 Å². The maximum Gasteiger partial charge on any atom is 0.254 e. The number of halogens is 1. The molecule has 2 rings (SSSR count). The Hall–Kier alpha value is -0.870. The fraction of sp³-hybridized carbons (Fsp3) is 0.667. The van der Waals surface area contributed by atoms with Crippen LogP contribution < -0.4 is 11.3 Å². The third-order valence-electron chi connectivity index (χ3n) is 3.47. The highest BCUT2D eigenvalue weighted by molar-refractivity contribution is 5.85. The molecule has 0 saturated heterocycles. The second-order valence-electron chi connectivity index (χ2n) is 4.82. The minimum absolute atomic E-state index is 0. The summed E-state index contributed by atoms with van der Waals surface area (Å²) in [6.45, 7) is 3.90. The van der Waals surface area contributed by atoms with E-state index in [0.717, 1.165) is 43.4 Å². The van der Waals surface area contributed by atoms with Crippen molar-refractivity contribution in [2.45, 2.75) is 51.5 Å². The number of nitrogens with one attached hydrogen (secondary N) is 1. The molecule has 0 bridgehead atoms. The van der Waals surface area contributed by atoms with Crippen LogP contribution in [0.1, 0.15) is 50.2 Å². The lowest BCUT2D eigenvalue weighted by Gasteiger charge is -2.23. The van der Waals surface area contributed by atoms with Crippen LogP contribution in [-0.2, 0) is 18.4 Å². The number of aryl methyl sites for hydroxylation is 1. The predicted octanol–water partition coefficient (Wildman–Crippen LogP) is 1.65. The lowest BCUT2D eigenvalue weighted by molar-refractivity contribution is 0.438. The number of fused-ring (bicyclic) bond motifs is 1. The van der Waals surface area contributed by atoms with E-state index < -0.39 is 5.54 Å². The first kappa shape index (κ1) is 14.2. The Morgan fingerprint density at radius 2 is 2.06 bits per heavy atom. The van der Waals surface area contributed by atoms with Crippen molar-refractivity contribution in [1.82, 2.24) is 9.97 Å². The minimum atomic E-state index is -0.536. The molecule has 17 heavy (non-hydrogen) atoms. The van der Waals surface area contributed by atoms with Crippen LogP contribution in [-0.4, -0.2) is 9.97 Å². The summed E-state index contributed by atoms with van der Waals surface area (Å²) in [5.41, 5.74) is 7.39. The van der Waals surface area contributed by atoms with Crippen molar-refractivity contribution in [3.05, 3.63) is 27.4 Å². The van der Waals surface area contributed by atoms with Gasteiger partial charge in [-0.15, -0.1) is 12.4 Å². The van der Waals surface area contributed by atoms with Crippen molar-refractivity contribution in [3.8, 4) is 0 Å². The van der Waals surface area contributed by atoms with E-state index in [4.69, 9.17) is 5.73 Å². The molecule has 1 aromatic rings. The van der Waals surface area contributed by atoms with E-state index >= 15 is 0 Å². The van der Waals surface area contributed by atoms with Gasteiger partial charge in [-0.1, -0.05) is 6.92 Å². The molecule has 1 aliphatic rings. The summed E-state index contributed by atoms with van der Waals surface area (Å²) in [6.07, 6.45) is 4.73. The summed E-state index contributed by atoms with van der Waals surface area (Å²) < 4.78 is 0. The molecule has 0 aliphatic heterocycles. The minimum Gasteiger partial charge on any atom is -0.319 e. The molecule has 0 amide bonds. The van der Waals surface area contributed by atoms with Crippen molar-refractivity contribution in [3.63, 3.8) is 0 Å². The van der Waals surface area contributed by atoms with Crippen LogP contribution in [0.5, 0.6) is 0 Å². The Morgan fingerprint density at radius 3 is 2.71 bits per heavy atom. The number of aromatic nitrogens is 2. The number of hydrogen-bond acceptors (Lipinski definition) is 3. The molecule has 0 radical (unpaired) electrons. The molecule has 1 heterocycles. The largest absolute Gasteiger partial charge is 0.319 e. The highest BCUT2D eigenvalue weighted by Gasteiger charge is 2.24. The molecule has 5 heteroatoms. The Balaban J connectivity index is 0.00000144. The van der Waals surface area contributed by atoms with Crippen molar-refractivity contribution < 1.29 is 0 Å². The maximum absolute atomic E-state index is 11.9. The van der Waals surface area contributed by atoms with Crippen LogP contribution in [0.4, 0.5) is 0 Å². The van der Waals surface area contributed by atoms with Gasteiger partial charge in [0.15, 0.2) is 0 Å². The molecular formula is C12H20ClN3O. The van der Waals surface area contributed by atoms with E-state index in [1.54, 1.807) is 0 Å². The number of nitrogens with two attached hydrogens (primary N) is 1. The first-order chi connectivity index (χ1) is 7.54. The number of aromatic amines is 1. The second-order valence-corrected chi connectivity index (χ2v) is 4.82. The Bertz CT molecular complexity index is 454. The second kappa shape index (κ2) is 5.19. The zero-order valence-electron chi connectivity index (χ0n) is 10.4. The quantitative estimate of drug-likeness (QED) is 0.846. The summed E-state index contributed by atoms with van der Waals surface area (Å²) in [5, 5.41) is 0. The number of hydrogen-bond donors (Lipinski definition) is 2. The molecule has 4 nitrogen and oxygen atoms in total. The summed E-state index contributed by atoms with van der Waals surface area (Å²) in [4.78, 5) is 19.3. The molecular weight excluding hydrogens is 238 g/mol. The lowest BCUT2D eigenvalue weighted by Crippen LogP contribution is -2.37. The van der Waals surface area contributed by atoms with Gasteiger partial charge in [-0.25, -0.2) is 4.98 Å². The lowest BCUT2D eigenvalue weighted by atomic mass is 9.95. The Morgan fingerprint density at radius 1 is 1.41 bits per heavy atom. The maximum atomic E-state index is 11.9. The molecule has 1 atom stereocenters. The molecule has 0 aromatic carbocycles. The van der Waals surface area contributed by atoms with Gasteiger partial charge in [0.25, 0.3) is 5.56 Å². The summed E-state index contributed by atoms with van der Waals surface area (Å²) in [7, 11) is 0. The molecule has 1 aliphatic carbocycles. The Kier molecular flexibility index (Phi) is 4.33. The van der Waals surface area contributed by atoms with E-state index in [-0.39, 0.29) is 18.0 Å². The number of H-pyrrole nitrogens is 1. The van der Waals surface area contributed by atoms with E-state index in [0.29, 0.717) is 5.82 Å². The van der Waals surface area contributed by atoms with Gasteiger partial charge in [0.2, 0.25) is 0 Å². The monoisotopic (exact) mass is 257 g/mol.